The molecular formula is C24H19BCl4FN7. The first kappa shape index (κ1) is 25.9. The number of anilines is 2. The highest BCUT2D eigenvalue weighted by Gasteiger charge is 2.34. The lowest BCUT2D eigenvalue weighted by Gasteiger charge is -2.31. The lowest BCUT2D eigenvalue weighted by atomic mass is 9.69. The summed E-state index contributed by atoms with van der Waals surface area (Å²) in [5.41, 5.74) is 2.31. The number of pyridine rings is 1. The molecule has 188 valence electrons. The molecule has 0 bridgehead atoms. The maximum absolute atomic E-state index is 13.8. The number of benzene rings is 2. The van der Waals surface area contributed by atoms with E-state index in [0.717, 1.165) is 18.4 Å². The van der Waals surface area contributed by atoms with E-state index in [-0.39, 0.29) is 17.9 Å². The minimum absolute atomic E-state index is 0.0434. The first-order chi connectivity index (χ1) is 17.6. The van der Waals surface area contributed by atoms with E-state index in [4.69, 9.17) is 46.4 Å². The quantitative estimate of drug-likeness (QED) is 0.221. The van der Waals surface area contributed by atoms with Crippen molar-refractivity contribution in [3.8, 4) is 6.07 Å². The van der Waals surface area contributed by atoms with Gasteiger partial charge in [-0.2, -0.15) is 5.26 Å². The Morgan fingerprint density at radius 3 is 2.57 bits per heavy atom. The highest BCUT2D eigenvalue weighted by Crippen LogP contribution is 2.39. The number of aromatic nitrogens is 4. The van der Waals surface area contributed by atoms with Gasteiger partial charge in [0, 0.05) is 17.3 Å². The van der Waals surface area contributed by atoms with Gasteiger partial charge in [-0.15, -0.1) is 5.10 Å². The summed E-state index contributed by atoms with van der Waals surface area (Å²) in [7, 11) is 1.94. The fourth-order valence-electron chi connectivity index (χ4n) is 4.17. The maximum atomic E-state index is 13.8. The molecule has 2 heterocycles. The molecule has 2 N–H and O–H groups in total. The first-order valence-electron chi connectivity index (χ1n) is 11.4. The molecule has 2 aromatic heterocycles. The van der Waals surface area contributed by atoms with E-state index in [1.807, 2.05) is 24.8 Å². The number of alkyl halides is 3. The largest absolute Gasteiger partial charge is 0.379 e. The third-order valence-corrected chi connectivity index (χ3v) is 6.96. The van der Waals surface area contributed by atoms with Crippen molar-refractivity contribution in [2.75, 3.05) is 17.2 Å². The molecule has 1 atom stereocenters. The van der Waals surface area contributed by atoms with Crippen molar-refractivity contribution in [3.63, 3.8) is 0 Å². The molecule has 37 heavy (non-hydrogen) atoms. The predicted molar refractivity (Wildman–Crippen MR) is 148 cm³/mol. The Bertz CT molecular complexity index is 1510. The lowest BCUT2D eigenvalue weighted by Crippen LogP contribution is -2.37. The van der Waals surface area contributed by atoms with E-state index in [0.29, 0.717) is 39.0 Å². The SMILES string of the molecule is BC(Nc1cc(Cl)c2ncc(C#N)c(NCC(Cl)(Cl)Cl)c2c1)(c1ccc(F)cc1)c1cn(C2CC2)nn1. The van der Waals surface area contributed by atoms with E-state index in [2.05, 4.69) is 32.0 Å². The Morgan fingerprint density at radius 1 is 1.19 bits per heavy atom. The number of rotatable bonds is 7. The topological polar surface area (TPSA) is 91.5 Å². The second-order valence-corrected chi connectivity index (χ2v) is 12.0. The third-order valence-electron chi connectivity index (χ3n) is 6.27. The van der Waals surface area contributed by atoms with Gasteiger partial charge in [0.15, 0.2) is 0 Å². The minimum Gasteiger partial charge on any atom is -0.379 e. The molecule has 1 fully saturated rings. The van der Waals surface area contributed by atoms with Crippen molar-refractivity contribution in [3.05, 3.63) is 76.5 Å². The van der Waals surface area contributed by atoms with Gasteiger partial charge >= 0.3 is 0 Å². The van der Waals surface area contributed by atoms with Crippen molar-refractivity contribution < 1.29 is 4.39 Å². The van der Waals surface area contributed by atoms with Crippen LogP contribution in [0.25, 0.3) is 10.9 Å². The summed E-state index contributed by atoms with van der Waals surface area (Å²) in [6, 6.07) is 12.2. The van der Waals surface area contributed by atoms with Crippen molar-refractivity contribution >= 4 is 76.5 Å². The summed E-state index contributed by atoms with van der Waals surface area (Å²) in [4.78, 5) is 4.36. The second kappa shape index (κ2) is 9.84. The van der Waals surface area contributed by atoms with Gasteiger partial charge in [0.25, 0.3) is 0 Å². The molecule has 7 nitrogen and oxygen atoms in total. The van der Waals surface area contributed by atoms with Crippen LogP contribution in [0.5, 0.6) is 0 Å². The molecular weight excluding hydrogens is 558 g/mol. The minimum atomic E-state index is -1.59. The van der Waals surface area contributed by atoms with Crippen LogP contribution < -0.4 is 10.6 Å². The summed E-state index contributed by atoms with van der Waals surface area (Å²) in [5, 5.41) is 25.9. The zero-order chi connectivity index (χ0) is 26.4. The first-order valence-corrected chi connectivity index (χ1v) is 12.9. The van der Waals surface area contributed by atoms with E-state index >= 15 is 0 Å². The average Bonchev–Trinajstić information content (AvgIpc) is 3.58. The Hall–Kier alpha value is -2.77. The zero-order valence-electron chi connectivity index (χ0n) is 19.4. The normalized spacial score (nSPS) is 15.2. The molecule has 0 spiro atoms. The van der Waals surface area contributed by atoms with Gasteiger partial charge in [0.1, 0.15) is 25.4 Å². The van der Waals surface area contributed by atoms with E-state index in [1.54, 1.807) is 18.2 Å². The molecule has 1 aliphatic rings. The van der Waals surface area contributed by atoms with E-state index < -0.39 is 9.23 Å². The van der Waals surface area contributed by atoms with Gasteiger partial charge in [-0.05, 0) is 42.7 Å². The van der Waals surface area contributed by atoms with Gasteiger partial charge in [0.2, 0.25) is 3.79 Å². The van der Waals surface area contributed by atoms with Crippen molar-refractivity contribution in [1.29, 1.82) is 5.26 Å². The summed E-state index contributed by atoms with van der Waals surface area (Å²) in [5.74, 6) is -0.346. The van der Waals surface area contributed by atoms with Gasteiger partial charge in [0.05, 0.1) is 46.0 Å². The lowest BCUT2D eigenvalue weighted by molar-refractivity contribution is 0.610. The molecule has 0 amide bonds. The Balaban J connectivity index is 1.62. The summed E-state index contributed by atoms with van der Waals surface area (Å²) < 4.78 is 14.1. The van der Waals surface area contributed by atoms with E-state index in [9.17, 15) is 9.65 Å². The molecule has 2 aromatic carbocycles. The van der Waals surface area contributed by atoms with Gasteiger partial charge in [-0.3, -0.25) is 4.98 Å². The van der Waals surface area contributed by atoms with Crippen molar-refractivity contribution in [2.24, 2.45) is 0 Å². The number of nitriles is 1. The number of nitrogens with one attached hydrogen (secondary N) is 2. The van der Waals surface area contributed by atoms with Crippen LogP contribution in [0.2, 0.25) is 5.02 Å². The van der Waals surface area contributed by atoms with Crippen LogP contribution >= 0.6 is 46.4 Å². The molecule has 1 aliphatic carbocycles. The Labute approximate surface area is 233 Å². The monoisotopic (exact) mass is 575 g/mol. The van der Waals surface area contributed by atoms with Gasteiger partial charge < -0.3 is 10.6 Å². The van der Waals surface area contributed by atoms with Crippen LogP contribution in [0.1, 0.15) is 35.7 Å². The van der Waals surface area contributed by atoms with Crippen LogP contribution in [0.4, 0.5) is 15.8 Å². The van der Waals surface area contributed by atoms with Crippen LogP contribution in [0.3, 0.4) is 0 Å². The molecule has 0 aliphatic heterocycles. The highest BCUT2D eigenvalue weighted by molar-refractivity contribution is 6.67. The molecule has 0 radical (unpaired) electrons. The van der Waals surface area contributed by atoms with Crippen LogP contribution in [0, 0.1) is 17.1 Å². The van der Waals surface area contributed by atoms with Crippen LogP contribution in [0.15, 0.2) is 48.8 Å². The fourth-order valence-corrected chi connectivity index (χ4v) is 4.64. The maximum Gasteiger partial charge on any atom is 0.207 e. The summed E-state index contributed by atoms with van der Waals surface area (Å²) in [6.07, 6.45) is 5.44. The number of halogens is 5. The van der Waals surface area contributed by atoms with Crippen LogP contribution in [-0.4, -0.2) is 38.2 Å². The third kappa shape index (κ3) is 5.44. The summed E-state index contributed by atoms with van der Waals surface area (Å²) in [6.45, 7) is -0.0434. The number of hydrogen-bond acceptors (Lipinski definition) is 6. The van der Waals surface area contributed by atoms with Gasteiger partial charge in [-0.1, -0.05) is 63.7 Å². The van der Waals surface area contributed by atoms with Crippen molar-refractivity contribution in [1.82, 2.24) is 20.0 Å². The standard InChI is InChI=1S/C24H19BCl4FN7/c25-24(14-1-3-15(30)4-2-14,20-11-37(36-35-20)17-5-6-17)34-16-7-18-21(33-12-23(27,28)29)13(9-31)10-32-22(18)19(26)8-16/h1-4,7-8,10-11,17,34H,5-6,12,25H2,(H,32,33). The Kier molecular flexibility index (Phi) is 6.88. The molecule has 1 unspecified atom stereocenters. The van der Waals surface area contributed by atoms with Crippen LogP contribution in [-0.2, 0) is 5.44 Å². The molecule has 5 rings (SSSR count). The summed E-state index contributed by atoms with van der Waals surface area (Å²) >= 11 is 24.5. The average molecular weight is 577 g/mol. The molecule has 4 aromatic rings. The Morgan fingerprint density at radius 2 is 1.92 bits per heavy atom. The molecule has 0 saturated heterocycles. The number of fused-ring (bicyclic) bond motifs is 1. The second-order valence-electron chi connectivity index (χ2n) is 9.05. The molecule has 1 saturated carbocycles. The van der Waals surface area contributed by atoms with E-state index in [1.165, 1.54) is 18.3 Å². The number of hydrogen-bond donors (Lipinski definition) is 2. The smallest absolute Gasteiger partial charge is 0.207 e. The fraction of sp³-hybridized carbons (Fsp3) is 0.250. The van der Waals surface area contributed by atoms with Crippen molar-refractivity contribution in [2.45, 2.75) is 28.1 Å². The van der Waals surface area contributed by atoms with Gasteiger partial charge in [-0.25, -0.2) is 9.07 Å². The number of nitrogens with zero attached hydrogens (tertiary/aromatic N) is 5. The molecule has 13 heteroatoms. The zero-order valence-corrected chi connectivity index (χ0v) is 22.5. The predicted octanol–water partition coefficient (Wildman–Crippen LogP) is 5.55. The highest BCUT2D eigenvalue weighted by atomic mass is 35.6.